The summed E-state index contributed by atoms with van der Waals surface area (Å²) in [6, 6.07) is 20.8. The lowest BCUT2D eigenvalue weighted by Crippen LogP contribution is -2.29. The smallest absolute Gasteiger partial charge is 0.269 e. The second-order valence-electron chi connectivity index (χ2n) is 7.05. The van der Waals surface area contributed by atoms with E-state index in [4.69, 9.17) is 4.52 Å². The van der Waals surface area contributed by atoms with Gasteiger partial charge in [0.05, 0.1) is 16.4 Å². The van der Waals surface area contributed by atoms with Crippen LogP contribution in [0.3, 0.4) is 0 Å². The molecule has 0 aliphatic carbocycles. The largest absolute Gasteiger partial charge is 0.355 e. The minimum atomic E-state index is -0.441. The summed E-state index contributed by atoms with van der Waals surface area (Å²) in [6.45, 7) is 1.84. The summed E-state index contributed by atoms with van der Waals surface area (Å²) in [4.78, 5) is 25.3. The van der Waals surface area contributed by atoms with Crippen LogP contribution in [0.25, 0.3) is 22.2 Å². The van der Waals surface area contributed by atoms with Gasteiger partial charge in [-0.1, -0.05) is 47.6 Å². The number of fused-ring (bicyclic) bond motifs is 1. The van der Waals surface area contributed by atoms with Gasteiger partial charge in [0.25, 0.3) is 11.6 Å². The zero-order valence-electron chi connectivity index (χ0n) is 16.5. The third-order valence-electron chi connectivity index (χ3n) is 5.22. The maximum absolute atomic E-state index is 13.1. The molecule has 0 unspecified atom stereocenters. The first-order chi connectivity index (χ1) is 14.5. The maximum atomic E-state index is 13.1. The van der Waals surface area contributed by atoms with Crippen molar-refractivity contribution in [2.75, 3.05) is 7.05 Å². The van der Waals surface area contributed by atoms with Crippen molar-refractivity contribution in [2.45, 2.75) is 13.0 Å². The Bertz CT molecular complexity index is 1230. The van der Waals surface area contributed by atoms with Gasteiger partial charge in [0, 0.05) is 30.3 Å². The van der Waals surface area contributed by atoms with Crippen molar-refractivity contribution in [1.29, 1.82) is 0 Å². The Balaban J connectivity index is 1.65. The fourth-order valence-electron chi connectivity index (χ4n) is 3.37. The van der Waals surface area contributed by atoms with Crippen molar-refractivity contribution in [3.05, 3.63) is 94.0 Å². The molecule has 0 fully saturated rings. The van der Waals surface area contributed by atoms with Crippen molar-refractivity contribution in [3.8, 4) is 11.3 Å². The van der Waals surface area contributed by atoms with E-state index in [1.165, 1.54) is 12.1 Å². The Morgan fingerprint density at radius 3 is 2.57 bits per heavy atom. The van der Waals surface area contributed by atoms with Crippen LogP contribution >= 0.6 is 0 Å². The molecule has 1 aromatic heterocycles. The third-order valence-corrected chi connectivity index (χ3v) is 5.22. The first-order valence-electron chi connectivity index (χ1n) is 9.42. The number of non-ortho nitro benzene ring substituents is 1. The van der Waals surface area contributed by atoms with E-state index in [0.717, 1.165) is 10.9 Å². The number of aromatic nitrogens is 1. The Labute approximate surface area is 172 Å². The number of nitro benzene ring substituents is 1. The Kier molecular flexibility index (Phi) is 5.02. The van der Waals surface area contributed by atoms with E-state index in [1.54, 1.807) is 42.3 Å². The molecule has 1 heterocycles. The second kappa shape index (κ2) is 7.79. The van der Waals surface area contributed by atoms with Crippen molar-refractivity contribution >= 4 is 22.5 Å². The molecular formula is C23H19N3O4. The molecular weight excluding hydrogens is 382 g/mol. The highest BCUT2D eigenvalue weighted by Gasteiger charge is 2.22. The van der Waals surface area contributed by atoms with Crippen molar-refractivity contribution in [1.82, 2.24) is 10.1 Å². The molecule has 0 spiro atoms. The first kappa shape index (κ1) is 19.3. The van der Waals surface area contributed by atoms with Crippen molar-refractivity contribution in [3.63, 3.8) is 0 Å². The summed E-state index contributed by atoms with van der Waals surface area (Å²) in [5.74, 6) is 0.408. The number of carbonyl (C=O) groups is 1. The monoisotopic (exact) mass is 401 g/mol. The minimum absolute atomic E-state index is 0.00130. The summed E-state index contributed by atoms with van der Waals surface area (Å²) < 4.78 is 5.51. The van der Waals surface area contributed by atoms with Crippen LogP contribution in [0.5, 0.6) is 0 Å². The van der Waals surface area contributed by atoms with Gasteiger partial charge in [-0.15, -0.1) is 0 Å². The van der Waals surface area contributed by atoms with Gasteiger partial charge in [-0.05, 0) is 30.7 Å². The van der Waals surface area contributed by atoms with Crippen molar-refractivity contribution < 1.29 is 14.2 Å². The van der Waals surface area contributed by atoms with E-state index < -0.39 is 4.92 Å². The topological polar surface area (TPSA) is 89.5 Å². The van der Waals surface area contributed by atoms with Gasteiger partial charge in [-0.3, -0.25) is 14.9 Å². The molecule has 0 radical (unpaired) electrons. The zero-order valence-corrected chi connectivity index (χ0v) is 16.5. The molecule has 0 aliphatic rings. The van der Waals surface area contributed by atoms with Gasteiger partial charge >= 0.3 is 0 Å². The fourth-order valence-corrected chi connectivity index (χ4v) is 3.37. The van der Waals surface area contributed by atoms with Crippen LogP contribution in [-0.2, 0) is 0 Å². The molecule has 4 aromatic rings. The number of hydrogen-bond acceptors (Lipinski definition) is 5. The third kappa shape index (κ3) is 3.53. The average molecular weight is 401 g/mol. The van der Waals surface area contributed by atoms with Crippen LogP contribution in [0.4, 0.5) is 5.69 Å². The summed E-state index contributed by atoms with van der Waals surface area (Å²) in [7, 11) is 1.68. The van der Waals surface area contributed by atoms with E-state index in [-0.39, 0.29) is 17.6 Å². The highest BCUT2D eigenvalue weighted by molar-refractivity contribution is 6.01. The van der Waals surface area contributed by atoms with Gasteiger partial charge in [0.15, 0.2) is 5.76 Å². The lowest BCUT2D eigenvalue weighted by atomic mass is 10.0. The van der Waals surface area contributed by atoms with Gasteiger partial charge in [-0.25, -0.2) is 0 Å². The molecule has 4 rings (SSSR count). The number of hydrogen-bond donors (Lipinski definition) is 0. The maximum Gasteiger partial charge on any atom is 0.269 e. The summed E-state index contributed by atoms with van der Waals surface area (Å²) in [5, 5.41) is 15.9. The summed E-state index contributed by atoms with van der Waals surface area (Å²) in [6.07, 6.45) is 0. The van der Waals surface area contributed by atoms with Gasteiger partial charge in [0.1, 0.15) is 5.52 Å². The minimum Gasteiger partial charge on any atom is -0.355 e. The summed E-state index contributed by atoms with van der Waals surface area (Å²) in [5.41, 5.74) is 2.72. The predicted octanol–water partition coefficient (Wildman–Crippen LogP) is 5.24. The van der Waals surface area contributed by atoms with Crippen LogP contribution in [0.1, 0.15) is 28.9 Å². The van der Waals surface area contributed by atoms with Gasteiger partial charge in [-0.2, -0.15) is 0 Å². The molecule has 0 saturated carbocycles. The fraction of sp³-hybridized carbons (Fsp3) is 0.130. The van der Waals surface area contributed by atoms with Gasteiger partial charge in [0.2, 0.25) is 0 Å². The number of amides is 1. The molecule has 1 atom stereocenters. The number of nitro groups is 1. The summed E-state index contributed by atoms with van der Waals surface area (Å²) >= 11 is 0. The molecule has 0 saturated heterocycles. The quantitative estimate of drug-likeness (QED) is 0.337. The SMILES string of the molecule is C[C@H](c1cccc([N+](=O)[O-])c1)N(C)C(=O)c1ccc2noc(-c3ccccc3)c2c1. The van der Waals surface area contributed by atoms with Crippen LogP contribution in [-0.4, -0.2) is 27.9 Å². The Morgan fingerprint density at radius 2 is 1.83 bits per heavy atom. The molecule has 0 N–H and O–H groups in total. The standard InChI is InChI=1S/C23H19N3O4/c1-15(17-9-6-10-19(13-17)26(28)29)25(2)23(27)18-11-12-21-20(14-18)22(30-24-21)16-7-4-3-5-8-16/h3-15H,1-2H3/t15-/m1/s1. The highest BCUT2D eigenvalue weighted by atomic mass is 16.6. The van der Waals surface area contributed by atoms with E-state index in [9.17, 15) is 14.9 Å². The zero-order chi connectivity index (χ0) is 21.3. The number of nitrogens with zero attached hydrogens (tertiary/aromatic N) is 3. The van der Waals surface area contributed by atoms with Crippen LogP contribution in [0.2, 0.25) is 0 Å². The molecule has 1 amide bonds. The lowest BCUT2D eigenvalue weighted by Gasteiger charge is -2.25. The van der Waals surface area contributed by atoms with E-state index in [2.05, 4.69) is 5.16 Å². The van der Waals surface area contributed by atoms with Gasteiger partial charge < -0.3 is 9.42 Å². The van der Waals surface area contributed by atoms with Crippen LogP contribution < -0.4 is 0 Å². The number of carbonyl (C=O) groups excluding carboxylic acids is 1. The molecule has 150 valence electrons. The molecule has 30 heavy (non-hydrogen) atoms. The Morgan fingerprint density at radius 1 is 1.07 bits per heavy atom. The van der Waals surface area contributed by atoms with Crippen LogP contribution in [0.15, 0.2) is 77.3 Å². The normalized spacial score (nSPS) is 11.9. The predicted molar refractivity (Wildman–Crippen MR) is 113 cm³/mol. The van der Waals surface area contributed by atoms with E-state index in [1.807, 2.05) is 37.3 Å². The molecule has 7 nitrogen and oxygen atoms in total. The van der Waals surface area contributed by atoms with Crippen LogP contribution in [0, 0.1) is 10.1 Å². The number of rotatable bonds is 5. The lowest BCUT2D eigenvalue weighted by molar-refractivity contribution is -0.384. The average Bonchev–Trinajstić information content (AvgIpc) is 3.21. The molecule has 3 aromatic carbocycles. The van der Waals surface area contributed by atoms with E-state index in [0.29, 0.717) is 22.4 Å². The molecule has 0 bridgehead atoms. The van der Waals surface area contributed by atoms with Crippen molar-refractivity contribution in [2.24, 2.45) is 0 Å². The van der Waals surface area contributed by atoms with E-state index >= 15 is 0 Å². The first-order valence-corrected chi connectivity index (χ1v) is 9.42. The second-order valence-corrected chi connectivity index (χ2v) is 7.05. The number of benzene rings is 3. The highest BCUT2D eigenvalue weighted by Crippen LogP contribution is 2.30. The Hall–Kier alpha value is -4.00. The molecule has 0 aliphatic heterocycles. The molecule has 7 heteroatoms.